The highest BCUT2D eigenvalue weighted by molar-refractivity contribution is 6.06. The largest absolute Gasteiger partial charge is 0.394 e. The van der Waals surface area contributed by atoms with Gasteiger partial charge >= 0.3 is 0 Å². The van der Waals surface area contributed by atoms with Gasteiger partial charge in [0.2, 0.25) is 11.8 Å². The summed E-state index contributed by atoms with van der Waals surface area (Å²) in [4.78, 5) is 33.6. The molecule has 36 heavy (non-hydrogen) atoms. The molecule has 5 fully saturated rings. The van der Waals surface area contributed by atoms with E-state index in [4.69, 9.17) is 9.57 Å². The van der Waals surface area contributed by atoms with Gasteiger partial charge in [-0.15, -0.1) is 0 Å². The van der Waals surface area contributed by atoms with E-state index in [1.807, 2.05) is 0 Å². The number of nitrogens with zero attached hydrogens (tertiary/aromatic N) is 2. The van der Waals surface area contributed by atoms with Gasteiger partial charge in [-0.05, 0) is 25.7 Å². The summed E-state index contributed by atoms with van der Waals surface area (Å²) in [5.41, 5.74) is 0.365. The fourth-order valence-electron chi connectivity index (χ4n) is 6.97. The number of likely N-dealkylation sites (tertiary alicyclic amines) is 1. The molecule has 2 heterocycles. The van der Waals surface area contributed by atoms with E-state index in [9.17, 15) is 40.2 Å². The second kappa shape index (κ2) is 10.2. The maximum atomic E-state index is 13.6. The third-order valence-electron chi connectivity index (χ3n) is 8.88. The van der Waals surface area contributed by atoms with E-state index in [2.05, 4.69) is 5.16 Å². The Balaban J connectivity index is 1.37. The van der Waals surface area contributed by atoms with Crippen molar-refractivity contribution in [1.82, 2.24) is 4.90 Å². The van der Waals surface area contributed by atoms with E-state index in [0.717, 1.165) is 32.1 Å². The molecule has 3 aliphatic carbocycles. The molecule has 0 aromatic heterocycles. The Morgan fingerprint density at radius 2 is 1.56 bits per heavy atom. The lowest BCUT2D eigenvalue weighted by atomic mass is 9.60. The normalized spacial score (nSPS) is 47.1. The van der Waals surface area contributed by atoms with Crippen LogP contribution in [0.1, 0.15) is 51.4 Å². The van der Waals surface area contributed by atoms with Gasteiger partial charge in [0, 0.05) is 24.3 Å². The Bertz CT molecular complexity index is 877. The van der Waals surface area contributed by atoms with Crippen LogP contribution in [0.5, 0.6) is 0 Å². The molecule has 11 atom stereocenters. The van der Waals surface area contributed by atoms with Gasteiger partial charge in [-0.2, -0.15) is 0 Å². The first-order chi connectivity index (χ1) is 17.2. The molecule has 0 spiro atoms. The number of aliphatic hydroxyl groups is 6. The van der Waals surface area contributed by atoms with Crippen molar-refractivity contribution in [3.05, 3.63) is 0 Å². The van der Waals surface area contributed by atoms with Crippen molar-refractivity contribution < 1.29 is 49.8 Å². The summed E-state index contributed by atoms with van der Waals surface area (Å²) in [5, 5.41) is 65.2. The van der Waals surface area contributed by atoms with Crippen molar-refractivity contribution in [2.24, 2.45) is 28.8 Å². The van der Waals surface area contributed by atoms with Crippen molar-refractivity contribution in [2.75, 3.05) is 6.61 Å². The molecule has 5 aliphatic rings. The number of carbonyl (C=O) groups excluding carboxylic acids is 2. The van der Waals surface area contributed by atoms with Gasteiger partial charge in [0.15, 0.2) is 0 Å². The summed E-state index contributed by atoms with van der Waals surface area (Å²) in [5.74, 6) is -2.89. The fraction of sp³-hybridized carbons (Fsp3) is 0.875. The van der Waals surface area contributed by atoms with Gasteiger partial charge in [-0.1, -0.05) is 24.4 Å². The van der Waals surface area contributed by atoms with E-state index in [1.54, 1.807) is 0 Å². The fourth-order valence-corrected chi connectivity index (χ4v) is 6.97. The molecule has 12 heteroatoms. The smallest absolute Gasteiger partial charge is 0.256 e. The average molecular weight is 513 g/mol. The zero-order chi connectivity index (χ0) is 25.7. The van der Waals surface area contributed by atoms with Crippen LogP contribution in [0.4, 0.5) is 0 Å². The monoisotopic (exact) mass is 512 g/mol. The van der Waals surface area contributed by atoms with Gasteiger partial charge in [0.1, 0.15) is 24.4 Å². The molecule has 0 aromatic carbocycles. The highest BCUT2D eigenvalue weighted by atomic mass is 16.8. The molecule has 6 N–H and O–H groups in total. The van der Waals surface area contributed by atoms with Gasteiger partial charge in [-0.3, -0.25) is 14.5 Å². The predicted molar refractivity (Wildman–Crippen MR) is 121 cm³/mol. The van der Waals surface area contributed by atoms with Crippen LogP contribution in [0.2, 0.25) is 0 Å². The maximum absolute atomic E-state index is 13.6. The standard InChI is InChI=1S/C24H36N2O10/c27-9-15-19(30)20(31)21(32)24(35-15)36-25-13-8-14(28)18(29)16-11(13)6-7-12-17(16)23(34)26(22(12)33)10-4-2-1-3-5-10/h10-12,14-21,24,27-32H,1-9H2/b25-13+/t11-,12+,14+,15+,16-,17+,18+,19+,20-,21+,24-/m0/s1. The number of aliphatic hydroxyl groups excluding tert-OH is 6. The van der Waals surface area contributed by atoms with E-state index >= 15 is 0 Å². The zero-order valence-corrected chi connectivity index (χ0v) is 20.0. The Hall–Kier alpha value is -1.67. The first-order valence-electron chi connectivity index (χ1n) is 13.0. The van der Waals surface area contributed by atoms with Crippen LogP contribution in [-0.4, -0.2) is 109 Å². The van der Waals surface area contributed by atoms with Crippen molar-refractivity contribution >= 4 is 17.5 Å². The summed E-state index contributed by atoms with van der Waals surface area (Å²) in [6.07, 6.45) is -4.43. The maximum Gasteiger partial charge on any atom is 0.256 e. The first-order valence-corrected chi connectivity index (χ1v) is 13.0. The third-order valence-corrected chi connectivity index (χ3v) is 8.88. The van der Waals surface area contributed by atoms with Crippen molar-refractivity contribution in [3.63, 3.8) is 0 Å². The minimum Gasteiger partial charge on any atom is -0.394 e. The number of rotatable bonds is 4. The van der Waals surface area contributed by atoms with Gasteiger partial charge < -0.3 is 40.2 Å². The number of oxime groups is 1. The molecular formula is C24H36N2O10. The molecule has 0 radical (unpaired) electrons. The number of fused-ring (bicyclic) bond motifs is 3. The number of hydrogen-bond acceptors (Lipinski definition) is 11. The number of hydrogen-bond donors (Lipinski definition) is 6. The van der Waals surface area contributed by atoms with Crippen LogP contribution in [0.15, 0.2) is 5.16 Å². The van der Waals surface area contributed by atoms with Crippen LogP contribution >= 0.6 is 0 Å². The lowest BCUT2D eigenvalue weighted by molar-refractivity contribution is -0.301. The second-order valence-corrected chi connectivity index (χ2v) is 10.9. The minimum atomic E-state index is -1.64. The number of amides is 2. The summed E-state index contributed by atoms with van der Waals surface area (Å²) < 4.78 is 5.33. The average Bonchev–Trinajstić information content (AvgIpc) is 3.14. The van der Waals surface area contributed by atoms with E-state index < -0.39 is 73.2 Å². The van der Waals surface area contributed by atoms with E-state index in [0.29, 0.717) is 18.6 Å². The Kier molecular flexibility index (Phi) is 7.38. The highest BCUT2D eigenvalue weighted by Gasteiger charge is 2.60. The van der Waals surface area contributed by atoms with E-state index in [-0.39, 0.29) is 24.3 Å². The lowest BCUT2D eigenvalue weighted by Crippen LogP contribution is -2.59. The van der Waals surface area contributed by atoms with Gasteiger partial charge in [0.05, 0.1) is 36.4 Å². The molecule has 2 aliphatic heterocycles. The van der Waals surface area contributed by atoms with Crippen LogP contribution in [-0.2, 0) is 19.2 Å². The lowest BCUT2D eigenvalue weighted by Gasteiger charge is -2.45. The SMILES string of the molecule is O=C1[C@H]2[C@H]3[C@H](O)[C@H](O)C/C(=N\O[C@@H]4O[C@H](CO)[C@@H](O)[C@H](O)[C@H]4O)[C@@H]3CC[C@H]2C(=O)N1C1CCCCC1. The molecule has 2 amide bonds. The van der Waals surface area contributed by atoms with Crippen LogP contribution < -0.4 is 0 Å². The van der Waals surface area contributed by atoms with Crippen LogP contribution in [0.3, 0.4) is 0 Å². The Labute approximate surface area is 208 Å². The molecule has 3 saturated carbocycles. The first kappa shape index (κ1) is 26.0. The molecule has 202 valence electrons. The number of imide groups is 1. The quantitative estimate of drug-likeness (QED) is 0.186. The van der Waals surface area contributed by atoms with Gasteiger partial charge in [-0.25, -0.2) is 0 Å². The molecule has 5 rings (SSSR count). The Morgan fingerprint density at radius 1 is 0.861 bits per heavy atom. The summed E-state index contributed by atoms with van der Waals surface area (Å²) >= 11 is 0. The van der Waals surface area contributed by atoms with Crippen LogP contribution in [0.25, 0.3) is 0 Å². The molecular weight excluding hydrogens is 476 g/mol. The van der Waals surface area contributed by atoms with Crippen LogP contribution in [0, 0.1) is 23.7 Å². The second-order valence-electron chi connectivity index (χ2n) is 10.9. The summed E-state index contributed by atoms with van der Waals surface area (Å²) in [6.45, 7) is -0.617. The van der Waals surface area contributed by atoms with Crippen molar-refractivity contribution in [1.29, 1.82) is 0 Å². The zero-order valence-electron chi connectivity index (χ0n) is 20.0. The van der Waals surface area contributed by atoms with E-state index in [1.165, 1.54) is 4.90 Å². The molecule has 12 nitrogen and oxygen atoms in total. The number of ether oxygens (including phenoxy) is 1. The number of carbonyl (C=O) groups is 2. The summed E-state index contributed by atoms with van der Waals surface area (Å²) in [7, 11) is 0. The third kappa shape index (κ3) is 4.26. The molecule has 0 bridgehead atoms. The molecule has 2 saturated heterocycles. The highest BCUT2D eigenvalue weighted by Crippen LogP contribution is 2.50. The predicted octanol–water partition coefficient (Wildman–Crippen LogP) is -1.76. The minimum absolute atomic E-state index is 0.0361. The van der Waals surface area contributed by atoms with Crippen molar-refractivity contribution in [3.8, 4) is 0 Å². The summed E-state index contributed by atoms with van der Waals surface area (Å²) in [6, 6.07) is -0.115. The van der Waals surface area contributed by atoms with Crippen molar-refractivity contribution in [2.45, 2.75) is 100 Å². The molecule has 0 aromatic rings. The Morgan fingerprint density at radius 3 is 2.25 bits per heavy atom. The topological polar surface area (TPSA) is 190 Å². The molecule has 0 unspecified atom stereocenters. The van der Waals surface area contributed by atoms with Gasteiger partial charge in [0.25, 0.3) is 6.29 Å².